The van der Waals surface area contributed by atoms with Crippen molar-refractivity contribution in [2.24, 2.45) is 5.92 Å². The van der Waals surface area contributed by atoms with E-state index in [1.165, 1.54) is 0 Å². The maximum Gasteiger partial charge on any atom is 0.389 e. The van der Waals surface area contributed by atoms with E-state index in [-0.39, 0.29) is 24.5 Å². The Bertz CT molecular complexity index is 170. The Hall–Kier alpha value is -0.540. The van der Waals surface area contributed by atoms with Crippen LogP contribution in [0.2, 0.25) is 0 Å². The quantitative estimate of drug-likeness (QED) is 0.650. The number of rotatable bonds is 4. The van der Waals surface area contributed by atoms with Crippen LogP contribution in [0.1, 0.15) is 32.1 Å². The molecule has 1 nitrogen and oxygen atoms in total. The normalized spacial score (nSPS) is 17.9. The number of hydrogen-bond donors (Lipinski definition) is 0. The molecular formula is C8H11F3O. The minimum atomic E-state index is -4.11. The fraction of sp³-hybridized carbons (Fsp3) is 0.875. The molecule has 0 bridgehead atoms. The number of hydrogen-bond acceptors (Lipinski definition) is 1. The summed E-state index contributed by atoms with van der Waals surface area (Å²) in [5, 5.41) is 0. The minimum absolute atomic E-state index is 0.0132. The minimum Gasteiger partial charge on any atom is -0.299 e. The molecule has 0 amide bonds. The molecule has 12 heavy (non-hydrogen) atoms. The van der Waals surface area contributed by atoms with Gasteiger partial charge in [-0.15, -0.1) is 0 Å². The highest BCUT2D eigenvalue weighted by Crippen LogP contribution is 2.32. The maximum atomic E-state index is 11.6. The molecule has 4 heteroatoms. The van der Waals surface area contributed by atoms with Crippen LogP contribution in [0.25, 0.3) is 0 Å². The summed E-state index contributed by atoms with van der Waals surface area (Å²) in [5.41, 5.74) is 0. The summed E-state index contributed by atoms with van der Waals surface area (Å²) in [6.07, 6.45) is -3.12. The molecule has 1 rings (SSSR count). The highest BCUT2D eigenvalue weighted by Gasteiger charge is 2.31. The average molecular weight is 180 g/mol. The molecule has 0 aromatic carbocycles. The van der Waals surface area contributed by atoms with E-state index in [1.54, 1.807) is 0 Å². The number of Topliss-reactive ketones (excluding diaryl/α,β-unsaturated/α-hetero) is 1. The van der Waals surface area contributed by atoms with Gasteiger partial charge in [-0.3, -0.25) is 4.79 Å². The van der Waals surface area contributed by atoms with Gasteiger partial charge in [-0.1, -0.05) is 0 Å². The number of carbonyl (C=O) groups excluding carboxylic acids is 1. The van der Waals surface area contributed by atoms with Gasteiger partial charge < -0.3 is 0 Å². The largest absolute Gasteiger partial charge is 0.389 e. The number of ketones is 1. The fourth-order valence-electron chi connectivity index (χ4n) is 1.07. The lowest BCUT2D eigenvalue weighted by Gasteiger charge is -2.04. The van der Waals surface area contributed by atoms with Gasteiger partial charge in [0.2, 0.25) is 0 Å². The second kappa shape index (κ2) is 3.46. The lowest BCUT2D eigenvalue weighted by molar-refractivity contribution is -0.137. The number of alkyl halides is 3. The van der Waals surface area contributed by atoms with Crippen molar-refractivity contribution in [3.8, 4) is 0 Å². The summed E-state index contributed by atoms with van der Waals surface area (Å²) in [6, 6.07) is 0. The molecule has 0 aromatic heterocycles. The Labute approximate surface area is 68.9 Å². The predicted molar refractivity (Wildman–Crippen MR) is 37.6 cm³/mol. The van der Waals surface area contributed by atoms with Crippen LogP contribution in [0.5, 0.6) is 0 Å². The third-order valence-electron chi connectivity index (χ3n) is 1.92. The smallest absolute Gasteiger partial charge is 0.299 e. The molecule has 0 heterocycles. The Balaban J connectivity index is 2.05. The molecule has 0 atom stereocenters. The third kappa shape index (κ3) is 3.74. The van der Waals surface area contributed by atoms with E-state index in [4.69, 9.17) is 0 Å². The first-order chi connectivity index (χ1) is 5.49. The molecule has 0 unspecified atom stereocenters. The van der Waals surface area contributed by atoms with Crippen LogP contribution >= 0.6 is 0 Å². The van der Waals surface area contributed by atoms with Crippen molar-refractivity contribution in [2.75, 3.05) is 0 Å². The maximum absolute atomic E-state index is 11.6. The molecule has 0 aromatic rings. The van der Waals surface area contributed by atoms with Gasteiger partial charge in [-0.05, 0) is 19.3 Å². The Kier molecular flexibility index (Phi) is 2.75. The van der Waals surface area contributed by atoms with Crippen molar-refractivity contribution >= 4 is 5.78 Å². The molecule has 0 radical (unpaired) electrons. The van der Waals surface area contributed by atoms with Crippen LogP contribution in [0.3, 0.4) is 0 Å². The highest BCUT2D eigenvalue weighted by atomic mass is 19.4. The van der Waals surface area contributed by atoms with Gasteiger partial charge in [-0.25, -0.2) is 0 Å². The third-order valence-corrected chi connectivity index (χ3v) is 1.92. The van der Waals surface area contributed by atoms with E-state index in [0.717, 1.165) is 12.8 Å². The molecule has 0 saturated heterocycles. The molecule has 1 saturated carbocycles. The molecule has 1 aliphatic rings. The molecule has 70 valence electrons. The molecule has 0 aliphatic heterocycles. The second-order valence-electron chi connectivity index (χ2n) is 3.21. The lowest BCUT2D eigenvalue weighted by Crippen LogP contribution is -2.08. The van der Waals surface area contributed by atoms with Crippen LogP contribution < -0.4 is 0 Å². The van der Waals surface area contributed by atoms with Gasteiger partial charge in [0.1, 0.15) is 5.78 Å². The first-order valence-electron chi connectivity index (χ1n) is 4.08. The zero-order chi connectivity index (χ0) is 9.19. The lowest BCUT2D eigenvalue weighted by atomic mass is 10.1. The first kappa shape index (κ1) is 9.55. The van der Waals surface area contributed by atoms with Gasteiger partial charge in [0, 0.05) is 18.8 Å². The van der Waals surface area contributed by atoms with Gasteiger partial charge in [0.25, 0.3) is 0 Å². The zero-order valence-corrected chi connectivity index (χ0v) is 6.66. The average Bonchev–Trinajstić information content (AvgIpc) is 2.64. The van der Waals surface area contributed by atoms with E-state index in [0.29, 0.717) is 0 Å². The highest BCUT2D eigenvalue weighted by molar-refractivity contribution is 5.83. The molecular weight excluding hydrogens is 169 g/mol. The Morgan fingerprint density at radius 1 is 1.33 bits per heavy atom. The van der Waals surface area contributed by atoms with E-state index in [9.17, 15) is 18.0 Å². The van der Waals surface area contributed by atoms with E-state index < -0.39 is 12.6 Å². The predicted octanol–water partition coefficient (Wildman–Crippen LogP) is 2.70. The van der Waals surface area contributed by atoms with Crippen molar-refractivity contribution in [2.45, 2.75) is 38.3 Å². The molecule has 0 spiro atoms. The molecule has 1 fully saturated rings. The van der Waals surface area contributed by atoms with Crippen LogP contribution in [-0.2, 0) is 4.79 Å². The van der Waals surface area contributed by atoms with E-state index in [1.807, 2.05) is 0 Å². The van der Waals surface area contributed by atoms with Crippen molar-refractivity contribution < 1.29 is 18.0 Å². The standard InChI is InChI=1S/C8H11F3O/c9-8(10,11)5-1-2-7(12)6-3-4-6/h6H,1-5H2. The van der Waals surface area contributed by atoms with Crippen LogP contribution in [0, 0.1) is 5.92 Å². The topological polar surface area (TPSA) is 17.1 Å². The van der Waals surface area contributed by atoms with Crippen molar-refractivity contribution in [1.82, 2.24) is 0 Å². The SMILES string of the molecule is O=C(CCCC(F)(F)F)C1CC1. The van der Waals surface area contributed by atoms with Crippen molar-refractivity contribution in [3.05, 3.63) is 0 Å². The van der Waals surface area contributed by atoms with Gasteiger partial charge in [-0.2, -0.15) is 13.2 Å². The molecule has 0 N–H and O–H groups in total. The Morgan fingerprint density at radius 2 is 1.92 bits per heavy atom. The van der Waals surface area contributed by atoms with Crippen LogP contribution in [0.4, 0.5) is 13.2 Å². The van der Waals surface area contributed by atoms with Crippen LogP contribution in [0.15, 0.2) is 0 Å². The van der Waals surface area contributed by atoms with E-state index >= 15 is 0 Å². The summed E-state index contributed by atoms with van der Waals surface area (Å²) in [6.45, 7) is 0. The summed E-state index contributed by atoms with van der Waals surface area (Å²) >= 11 is 0. The van der Waals surface area contributed by atoms with Gasteiger partial charge in [0.15, 0.2) is 0 Å². The van der Waals surface area contributed by atoms with E-state index in [2.05, 4.69) is 0 Å². The van der Waals surface area contributed by atoms with Crippen molar-refractivity contribution in [3.63, 3.8) is 0 Å². The van der Waals surface area contributed by atoms with Crippen molar-refractivity contribution in [1.29, 1.82) is 0 Å². The number of halogens is 3. The summed E-state index contributed by atoms with van der Waals surface area (Å²) in [5.74, 6) is 0.109. The fourth-order valence-corrected chi connectivity index (χ4v) is 1.07. The summed E-state index contributed by atoms with van der Waals surface area (Å²) < 4.78 is 34.8. The second-order valence-corrected chi connectivity index (χ2v) is 3.21. The van der Waals surface area contributed by atoms with Gasteiger partial charge in [0.05, 0.1) is 0 Å². The first-order valence-corrected chi connectivity index (χ1v) is 4.08. The monoisotopic (exact) mass is 180 g/mol. The Morgan fingerprint density at radius 3 is 2.33 bits per heavy atom. The van der Waals surface area contributed by atoms with Crippen LogP contribution in [-0.4, -0.2) is 12.0 Å². The zero-order valence-electron chi connectivity index (χ0n) is 6.66. The van der Waals surface area contributed by atoms with Gasteiger partial charge >= 0.3 is 6.18 Å². The summed E-state index contributed by atoms with van der Waals surface area (Å²) in [7, 11) is 0. The summed E-state index contributed by atoms with van der Waals surface area (Å²) in [4.78, 5) is 10.9. The molecule has 1 aliphatic carbocycles. The number of carbonyl (C=O) groups is 1.